The number of nitrogens with one attached hydrogen (secondary N) is 1. The zero-order valence-electron chi connectivity index (χ0n) is 7.04. The molecule has 1 fully saturated rings. The van der Waals surface area contributed by atoms with Crippen LogP contribution in [-0.4, -0.2) is 24.7 Å². The van der Waals surface area contributed by atoms with Crippen LogP contribution in [0.1, 0.15) is 16.7 Å². The third-order valence-electron chi connectivity index (χ3n) is 1.86. The van der Waals surface area contributed by atoms with E-state index in [-0.39, 0.29) is 0 Å². The highest BCUT2D eigenvalue weighted by Crippen LogP contribution is 2.19. The van der Waals surface area contributed by atoms with Gasteiger partial charge in [0.15, 0.2) is 0 Å². The van der Waals surface area contributed by atoms with Crippen LogP contribution in [-0.2, 0) is 4.74 Å². The largest absolute Gasteiger partial charge is 0.378 e. The molecular weight excluding hydrogens is 172 g/mol. The van der Waals surface area contributed by atoms with Crippen LogP contribution in [0.3, 0.4) is 0 Å². The molecule has 12 heavy (non-hydrogen) atoms. The lowest BCUT2D eigenvalue weighted by Crippen LogP contribution is -2.34. The summed E-state index contributed by atoms with van der Waals surface area (Å²) in [6, 6.07) is 0.317. The molecule has 4 heteroatoms. The van der Waals surface area contributed by atoms with Gasteiger partial charge < -0.3 is 10.1 Å². The van der Waals surface area contributed by atoms with Crippen LogP contribution in [0.4, 0.5) is 0 Å². The summed E-state index contributed by atoms with van der Waals surface area (Å²) < 4.78 is 5.35. The van der Waals surface area contributed by atoms with Crippen molar-refractivity contribution >= 4 is 11.3 Å². The van der Waals surface area contributed by atoms with E-state index in [2.05, 4.69) is 15.7 Å². The van der Waals surface area contributed by atoms with Crippen LogP contribution in [0.2, 0.25) is 0 Å². The minimum Gasteiger partial charge on any atom is -0.378 e. The van der Waals surface area contributed by atoms with Crippen LogP contribution in [0.5, 0.6) is 0 Å². The van der Waals surface area contributed by atoms with Gasteiger partial charge in [-0.15, -0.1) is 11.3 Å². The van der Waals surface area contributed by atoms with E-state index in [9.17, 15) is 0 Å². The first-order valence-corrected chi connectivity index (χ1v) is 4.97. The number of morpholine rings is 1. The molecule has 1 N–H and O–H groups in total. The summed E-state index contributed by atoms with van der Waals surface area (Å²) in [5, 5.41) is 6.59. The van der Waals surface area contributed by atoms with Gasteiger partial charge in [0, 0.05) is 17.6 Å². The SMILES string of the molecule is Cc1csc([C@H]2COCCN2)n1. The highest BCUT2D eigenvalue weighted by molar-refractivity contribution is 7.09. The monoisotopic (exact) mass is 184 g/mol. The fourth-order valence-corrected chi connectivity index (χ4v) is 2.11. The topological polar surface area (TPSA) is 34.1 Å². The van der Waals surface area contributed by atoms with Gasteiger partial charge >= 0.3 is 0 Å². The summed E-state index contributed by atoms with van der Waals surface area (Å²) in [7, 11) is 0. The number of hydrogen-bond acceptors (Lipinski definition) is 4. The van der Waals surface area contributed by atoms with Gasteiger partial charge in [-0.1, -0.05) is 0 Å². The first-order valence-electron chi connectivity index (χ1n) is 4.09. The third kappa shape index (κ3) is 1.65. The molecule has 1 atom stereocenters. The molecule has 1 aliphatic rings. The van der Waals surface area contributed by atoms with Crippen molar-refractivity contribution in [2.45, 2.75) is 13.0 Å². The van der Waals surface area contributed by atoms with Crippen molar-refractivity contribution in [3.05, 3.63) is 16.1 Å². The number of aromatic nitrogens is 1. The second-order valence-corrected chi connectivity index (χ2v) is 3.80. The Morgan fingerprint density at radius 1 is 1.75 bits per heavy atom. The molecule has 0 amide bonds. The van der Waals surface area contributed by atoms with Gasteiger partial charge in [0.25, 0.3) is 0 Å². The third-order valence-corrected chi connectivity index (χ3v) is 2.93. The highest BCUT2D eigenvalue weighted by Gasteiger charge is 2.17. The maximum atomic E-state index is 5.35. The molecule has 3 nitrogen and oxygen atoms in total. The fraction of sp³-hybridized carbons (Fsp3) is 0.625. The molecule has 2 rings (SSSR count). The smallest absolute Gasteiger partial charge is 0.112 e. The average Bonchev–Trinajstić information content (AvgIpc) is 2.54. The minimum absolute atomic E-state index is 0.317. The van der Waals surface area contributed by atoms with E-state index >= 15 is 0 Å². The van der Waals surface area contributed by atoms with E-state index in [1.165, 1.54) is 0 Å². The van der Waals surface area contributed by atoms with Crippen LogP contribution in [0, 0.1) is 6.92 Å². The van der Waals surface area contributed by atoms with E-state index in [1.54, 1.807) is 11.3 Å². The Balaban J connectivity index is 2.08. The van der Waals surface area contributed by atoms with Crippen molar-refractivity contribution in [2.24, 2.45) is 0 Å². The summed E-state index contributed by atoms with van der Waals surface area (Å²) in [6.45, 7) is 4.53. The number of thiazole rings is 1. The molecule has 2 heterocycles. The van der Waals surface area contributed by atoms with Crippen molar-refractivity contribution in [1.82, 2.24) is 10.3 Å². The lowest BCUT2D eigenvalue weighted by Gasteiger charge is -2.21. The molecule has 0 radical (unpaired) electrons. The molecule has 0 aromatic carbocycles. The number of nitrogens with zero attached hydrogens (tertiary/aromatic N) is 1. The van der Waals surface area contributed by atoms with Crippen molar-refractivity contribution in [3.8, 4) is 0 Å². The highest BCUT2D eigenvalue weighted by atomic mass is 32.1. The predicted octanol–water partition coefficient (Wildman–Crippen LogP) is 1.11. The summed E-state index contributed by atoms with van der Waals surface area (Å²) in [6.07, 6.45) is 0. The van der Waals surface area contributed by atoms with Gasteiger partial charge in [0.2, 0.25) is 0 Å². The summed E-state index contributed by atoms with van der Waals surface area (Å²) in [5.41, 5.74) is 1.10. The van der Waals surface area contributed by atoms with Crippen molar-refractivity contribution < 1.29 is 4.74 Å². The van der Waals surface area contributed by atoms with Gasteiger partial charge in [-0.2, -0.15) is 0 Å². The fourth-order valence-electron chi connectivity index (χ4n) is 1.26. The zero-order chi connectivity index (χ0) is 8.39. The second kappa shape index (κ2) is 3.51. The molecule has 0 bridgehead atoms. The van der Waals surface area contributed by atoms with E-state index in [0.29, 0.717) is 6.04 Å². The standard InChI is InChI=1S/C8H12N2OS/c1-6-5-12-8(10-6)7-4-11-3-2-9-7/h5,7,9H,2-4H2,1H3/t7-/m1/s1. The molecule has 0 spiro atoms. The van der Waals surface area contributed by atoms with E-state index in [4.69, 9.17) is 4.74 Å². The summed E-state index contributed by atoms with van der Waals surface area (Å²) >= 11 is 1.70. The Morgan fingerprint density at radius 3 is 3.25 bits per heavy atom. The lowest BCUT2D eigenvalue weighted by atomic mass is 10.3. The molecule has 66 valence electrons. The van der Waals surface area contributed by atoms with Gasteiger partial charge in [-0.3, -0.25) is 0 Å². The van der Waals surface area contributed by atoms with E-state index < -0.39 is 0 Å². The van der Waals surface area contributed by atoms with Gasteiger partial charge in [0.1, 0.15) is 5.01 Å². The first kappa shape index (κ1) is 8.16. The molecule has 0 aliphatic carbocycles. The Labute approximate surface area is 75.8 Å². The van der Waals surface area contributed by atoms with E-state index in [1.807, 2.05) is 6.92 Å². The average molecular weight is 184 g/mol. The molecule has 1 aliphatic heterocycles. The van der Waals surface area contributed by atoms with Crippen molar-refractivity contribution in [1.29, 1.82) is 0 Å². The Morgan fingerprint density at radius 2 is 2.67 bits per heavy atom. The van der Waals surface area contributed by atoms with Gasteiger partial charge in [-0.05, 0) is 6.92 Å². The van der Waals surface area contributed by atoms with Crippen LogP contribution >= 0.6 is 11.3 Å². The predicted molar refractivity (Wildman–Crippen MR) is 48.4 cm³/mol. The number of aryl methyl sites for hydroxylation is 1. The Kier molecular flexibility index (Phi) is 2.39. The van der Waals surface area contributed by atoms with Crippen LogP contribution in [0.25, 0.3) is 0 Å². The van der Waals surface area contributed by atoms with Gasteiger partial charge in [-0.25, -0.2) is 4.98 Å². The van der Waals surface area contributed by atoms with Crippen molar-refractivity contribution in [2.75, 3.05) is 19.8 Å². The summed E-state index contributed by atoms with van der Waals surface area (Å²) in [5.74, 6) is 0. The maximum Gasteiger partial charge on any atom is 0.112 e. The summed E-state index contributed by atoms with van der Waals surface area (Å²) in [4.78, 5) is 4.41. The zero-order valence-corrected chi connectivity index (χ0v) is 7.86. The molecule has 1 aromatic heterocycles. The van der Waals surface area contributed by atoms with Crippen LogP contribution in [0.15, 0.2) is 5.38 Å². The van der Waals surface area contributed by atoms with Crippen LogP contribution < -0.4 is 5.32 Å². The molecule has 1 aromatic rings. The Hall–Kier alpha value is -0.450. The molecule has 0 unspecified atom stereocenters. The second-order valence-electron chi connectivity index (χ2n) is 2.91. The maximum absolute atomic E-state index is 5.35. The quantitative estimate of drug-likeness (QED) is 0.710. The van der Waals surface area contributed by atoms with Gasteiger partial charge in [0.05, 0.1) is 19.3 Å². The first-order chi connectivity index (χ1) is 5.86. The number of hydrogen-bond donors (Lipinski definition) is 1. The Bertz CT molecular complexity index is 255. The molecule has 1 saturated heterocycles. The lowest BCUT2D eigenvalue weighted by molar-refractivity contribution is 0.0768. The number of rotatable bonds is 1. The minimum atomic E-state index is 0.317. The van der Waals surface area contributed by atoms with E-state index in [0.717, 1.165) is 30.5 Å². The number of ether oxygens (including phenoxy) is 1. The molecule has 0 saturated carbocycles. The van der Waals surface area contributed by atoms with Crippen molar-refractivity contribution in [3.63, 3.8) is 0 Å². The molecular formula is C8H12N2OS. The normalized spacial score (nSPS) is 24.2.